The number of nitrogens with zero attached hydrogens (tertiary/aromatic N) is 5. The van der Waals surface area contributed by atoms with Crippen LogP contribution in [0.15, 0.2) is 61.2 Å². The van der Waals surface area contributed by atoms with E-state index in [0.29, 0.717) is 40.0 Å². The van der Waals surface area contributed by atoms with Gasteiger partial charge in [-0.15, -0.1) is 0 Å². The molecule has 182 valence electrons. The monoisotopic (exact) mass is 496 g/mol. The molecule has 6 rings (SSSR count). The zero-order valence-corrected chi connectivity index (χ0v) is 19.4. The summed E-state index contributed by atoms with van der Waals surface area (Å²) in [7, 11) is 0. The minimum atomic E-state index is -0.586. The van der Waals surface area contributed by atoms with Crippen LogP contribution in [0.2, 0.25) is 0 Å². The van der Waals surface area contributed by atoms with Gasteiger partial charge in [0.1, 0.15) is 22.8 Å². The molecular formula is C26H18F2N8O. The molecule has 11 heteroatoms. The molecule has 0 radical (unpaired) electrons. The normalized spacial score (nSPS) is 11.3. The first-order chi connectivity index (χ1) is 18.0. The molecule has 0 bridgehead atoms. The van der Waals surface area contributed by atoms with Gasteiger partial charge in [0.15, 0.2) is 17.1 Å². The fourth-order valence-electron chi connectivity index (χ4n) is 4.15. The van der Waals surface area contributed by atoms with Crippen LogP contribution in [0.4, 0.5) is 14.5 Å². The van der Waals surface area contributed by atoms with Crippen molar-refractivity contribution in [2.75, 3.05) is 5.32 Å². The van der Waals surface area contributed by atoms with E-state index in [0.717, 1.165) is 0 Å². The molecule has 0 aliphatic carbocycles. The Morgan fingerprint density at radius 3 is 2.70 bits per heavy atom. The van der Waals surface area contributed by atoms with Crippen LogP contribution in [-0.4, -0.2) is 41.0 Å². The zero-order valence-electron chi connectivity index (χ0n) is 19.4. The second kappa shape index (κ2) is 8.86. The number of anilines is 1. The van der Waals surface area contributed by atoms with Crippen LogP contribution in [0.5, 0.6) is 0 Å². The summed E-state index contributed by atoms with van der Waals surface area (Å²) < 4.78 is 30.4. The summed E-state index contributed by atoms with van der Waals surface area (Å²) in [5.41, 5.74) is 3.22. The third kappa shape index (κ3) is 3.86. The number of pyridine rings is 3. The third-order valence-electron chi connectivity index (χ3n) is 5.95. The molecule has 5 heterocycles. The van der Waals surface area contributed by atoms with Crippen LogP contribution in [0.25, 0.3) is 56.0 Å². The number of benzene rings is 1. The van der Waals surface area contributed by atoms with E-state index in [1.807, 2.05) is 0 Å². The molecule has 0 fully saturated rings. The predicted octanol–water partition coefficient (Wildman–Crippen LogP) is 5.25. The summed E-state index contributed by atoms with van der Waals surface area (Å²) >= 11 is 0. The molecule has 1 amide bonds. The average molecular weight is 496 g/mol. The van der Waals surface area contributed by atoms with Gasteiger partial charge in [-0.2, -0.15) is 5.10 Å². The fourth-order valence-corrected chi connectivity index (χ4v) is 4.15. The zero-order chi connectivity index (χ0) is 25.5. The topological polar surface area (TPSA) is 125 Å². The number of amides is 1. The van der Waals surface area contributed by atoms with Gasteiger partial charge in [0.2, 0.25) is 5.91 Å². The highest BCUT2D eigenvalue weighted by Gasteiger charge is 2.22. The minimum absolute atomic E-state index is 0.118. The summed E-state index contributed by atoms with van der Waals surface area (Å²) in [5.74, 6) is -0.913. The number of aromatic amines is 2. The maximum Gasteiger partial charge on any atom is 0.224 e. The summed E-state index contributed by atoms with van der Waals surface area (Å²) in [4.78, 5) is 32.2. The Bertz CT molecular complexity index is 1810. The van der Waals surface area contributed by atoms with Gasteiger partial charge >= 0.3 is 0 Å². The molecule has 9 nitrogen and oxygen atoms in total. The van der Waals surface area contributed by atoms with E-state index in [4.69, 9.17) is 0 Å². The number of H-pyrrole nitrogens is 2. The van der Waals surface area contributed by atoms with Gasteiger partial charge in [0, 0.05) is 47.3 Å². The summed E-state index contributed by atoms with van der Waals surface area (Å²) in [6, 6.07) is 9.67. The Balaban J connectivity index is 1.48. The lowest BCUT2D eigenvalue weighted by atomic mass is 10.1. The van der Waals surface area contributed by atoms with Crippen LogP contribution in [0, 0.1) is 11.6 Å². The molecule has 6 aromatic rings. The number of rotatable bonds is 5. The molecule has 5 aromatic heterocycles. The third-order valence-corrected chi connectivity index (χ3v) is 5.95. The number of halogens is 2. The molecule has 3 N–H and O–H groups in total. The second-order valence-corrected chi connectivity index (χ2v) is 8.27. The molecule has 0 aliphatic heterocycles. The van der Waals surface area contributed by atoms with Gasteiger partial charge < -0.3 is 10.3 Å². The van der Waals surface area contributed by atoms with Crippen molar-refractivity contribution in [1.82, 2.24) is 35.1 Å². The molecule has 0 saturated carbocycles. The number of hydrogen-bond acceptors (Lipinski definition) is 6. The van der Waals surface area contributed by atoms with Crippen LogP contribution >= 0.6 is 0 Å². The van der Waals surface area contributed by atoms with Crippen molar-refractivity contribution in [2.45, 2.75) is 13.3 Å². The summed E-state index contributed by atoms with van der Waals surface area (Å²) in [6.45, 7) is 1.73. The Labute approximate surface area is 208 Å². The van der Waals surface area contributed by atoms with Gasteiger partial charge in [-0.25, -0.2) is 23.7 Å². The van der Waals surface area contributed by atoms with Crippen molar-refractivity contribution in [1.29, 1.82) is 0 Å². The van der Waals surface area contributed by atoms with Crippen molar-refractivity contribution in [3.63, 3.8) is 0 Å². The average Bonchev–Trinajstić information content (AvgIpc) is 3.54. The van der Waals surface area contributed by atoms with E-state index >= 15 is 4.39 Å². The first-order valence-electron chi connectivity index (χ1n) is 11.4. The van der Waals surface area contributed by atoms with Crippen LogP contribution < -0.4 is 5.32 Å². The standard InChI is InChI=1S/C26H18F2N8O/c1-2-19(37)32-14-9-13(10-29-11-14)17-12-31-24-20(21(17)28)23(35-36-24)26-33-22-16(7-8-30-25(22)34-26)15-5-3-4-6-18(15)27/h3-12H,2H2,1H3,(H,32,37)(H,30,33,34)(H,31,35,36). The SMILES string of the molecule is CCC(=O)Nc1cncc(-c2cnc3[nH]nc(-c4nc5c(-c6ccccc6F)ccnc5[nH]4)c3c2F)c1. The van der Waals surface area contributed by atoms with E-state index < -0.39 is 11.6 Å². The van der Waals surface area contributed by atoms with E-state index in [1.54, 1.807) is 43.5 Å². The van der Waals surface area contributed by atoms with Gasteiger partial charge in [-0.1, -0.05) is 25.1 Å². The summed E-state index contributed by atoms with van der Waals surface area (Å²) in [5, 5.41) is 9.82. The minimum Gasteiger partial charge on any atom is -0.325 e. The number of imidazole rings is 1. The first kappa shape index (κ1) is 22.4. The van der Waals surface area contributed by atoms with Gasteiger partial charge in [0.05, 0.1) is 17.3 Å². The van der Waals surface area contributed by atoms with E-state index in [-0.39, 0.29) is 34.0 Å². The van der Waals surface area contributed by atoms with Crippen LogP contribution in [-0.2, 0) is 4.79 Å². The Kier molecular flexibility index (Phi) is 5.37. The molecule has 0 saturated heterocycles. The lowest BCUT2D eigenvalue weighted by Gasteiger charge is -2.07. The molecule has 1 aromatic carbocycles. The van der Waals surface area contributed by atoms with E-state index in [9.17, 15) is 9.18 Å². The number of hydrogen-bond donors (Lipinski definition) is 3. The number of carbonyl (C=O) groups is 1. The van der Waals surface area contributed by atoms with E-state index in [1.165, 1.54) is 24.7 Å². The lowest BCUT2D eigenvalue weighted by molar-refractivity contribution is -0.115. The van der Waals surface area contributed by atoms with Gasteiger partial charge in [0.25, 0.3) is 0 Å². The number of carbonyl (C=O) groups excluding carboxylic acids is 1. The van der Waals surface area contributed by atoms with Crippen molar-refractivity contribution in [3.8, 4) is 33.8 Å². The molecule has 37 heavy (non-hydrogen) atoms. The molecule has 0 unspecified atom stereocenters. The first-order valence-corrected chi connectivity index (χ1v) is 11.4. The van der Waals surface area contributed by atoms with Gasteiger partial charge in [-0.3, -0.25) is 14.9 Å². The van der Waals surface area contributed by atoms with Crippen molar-refractivity contribution >= 4 is 33.8 Å². The van der Waals surface area contributed by atoms with Crippen molar-refractivity contribution < 1.29 is 13.6 Å². The predicted molar refractivity (Wildman–Crippen MR) is 134 cm³/mol. The maximum atomic E-state index is 15.9. The molecule has 0 atom stereocenters. The van der Waals surface area contributed by atoms with E-state index in [2.05, 4.69) is 40.4 Å². The van der Waals surface area contributed by atoms with Crippen LogP contribution in [0.3, 0.4) is 0 Å². The number of aromatic nitrogens is 7. The summed E-state index contributed by atoms with van der Waals surface area (Å²) in [6.07, 6.45) is 6.19. The van der Waals surface area contributed by atoms with Crippen LogP contribution in [0.1, 0.15) is 13.3 Å². The largest absolute Gasteiger partial charge is 0.325 e. The number of fused-ring (bicyclic) bond motifs is 2. The highest BCUT2D eigenvalue weighted by molar-refractivity contribution is 5.97. The number of nitrogens with one attached hydrogen (secondary N) is 3. The quantitative estimate of drug-likeness (QED) is 0.299. The highest BCUT2D eigenvalue weighted by atomic mass is 19.1. The fraction of sp³-hybridized carbons (Fsp3) is 0.0769. The molecular weight excluding hydrogens is 478 g/mol. The Morgan fingerprint density at radius 1 is 1.00 bits per heavy atom. The molecule has 0 aliphatic rings. The highest BCUT2D eigenvalue weighted by Crippen LogP contribution is 2.34. The Morgan fingerprint density at radius 2 is 1.86 bits per heavy atom. The Hall–Kier alpha value is -5.06. The molecule has 0 spiro atoms. The smallest absolute Gasteiger partial charge is 0.224 e. The lowest BCUT2D eigenvalue weighted by Crippen LogP contribution is -2.09. The maximum absolute atomic E-state index is 15.9. The van der Waals surface area contributed by atoms with Gasteiger partial charge in [-0.05, 0) is 18.2 Å². The second-order valence-electron chi connectivity index (χ2n) is 8.27. The van der Waals surface area contributed by atoms with Crippen molar-refractivity contribution in [3.05, 3.63) is 72.8 Å². The van der Waals surface area contributed by atoms with Crippen molar-refractivity contribution in [2.24, 2.45) is 0 Å².